The molecule has 1 N–H and O–H groups in total. The molecule has 1 saturated heterocycles. The van der Waals surface area contributed by atoms with Crippen LogP contribution in [-0.4, -0.2) is 25.4 Å². The van der Waals surface area contributed by atoms with Gasteiger partial charge in [0.2, 0.25) is 11.8 Å². The third-order valence-corrected chi connectivity index (χ3v) is 6.03. The molecule has 7 heteroatoms. The Morgan fingerprint density at radius 3 is 2.83 bits per heavy atom. The molecular formula is C23H23ClFN3O2. The first-order valence-electron chi connectivity index (χ1n) is 9.92. The van der Waals surface area contributed by atoms with E-state index in [1.54, 1.807) is 18.0 Å². The summed E-state index contributed by atoms with van der Waals surface area (Å²) in [6.07, 6.45) is 1.87. The van der Waals surface area contributed by atoms with Crippen LogP contribution in [0.1, 0.15) is 24.0 Å². The maximum atomic E-state index is 13.5. The average molecular weight is 428 g/mol. The fourth-order valence-corrected chi connectivity index (χ4v) is 4.41. The first-order chi connectivity index (χ1) is 14.3. The molecule has 2 aromatic rings. The molecular weight excluding hydrogens is 405 g/mol. The second-order valence-corrected chi connectivity index (χ2v) is 8.18. The van der Waals surface area contributed by atoms with Crippen LogP contribution < -0.4 is 15.1 Å². The SMILES string of the molecule is C=C1C(C(=O)NCc2cc(F)cc(Cl)c2)CCN1c1ccc2c(c1)CCC(=O)N2C. The van der Waals surface area contributed by atoms with Gasteiger partial charge in [-0.25, -0.2) is 4.39 Å². The minimum Gasteiger partial charge on any atom is -0.351 e. The molecule has 0 radical (unpaired) electrons. The predicted octanol–water partition coefficient (Wildman–Crippen LogP) is 4.04. The summed E-state index contributed by atoms with van der Waals surface area (Å²) in [6.45, 7) is 5.05. The summed E-state index contributed by atoms with van der Waals surface area (Å²) < 4.78 is 13.5. The van der Waals surface area contributed by atoms with Crippen molar-refractivity contribution in [2.45, 2.75) is 25.8 Å². The summed E-state index contributed by atoms with van der Waals surface area (Å²) in [7, 11) is 1.79. The summed E-state index contributed by atoms with van der Waals surface area (Å²) in [4.78, 5) is 28.4. The van der Waals surface area contributed by atoms with Crippen molar-refractivity contribution in [2.75, 3.05) is 23.4 Å². The van der Waals surface area contributed by atoms with E-state index in [-0.39, 0.29) is 24.3 Å². The number of hydrogen-bond acceptors (Lipinski definition) is 3. The van der Waals surface area contributed by atoms with Crippen LogP contribution in [0.2, 0.25) is 5.02 Å². The summed E-state index contributed by atoms with van der Waals surface area (Å²) in [5, 5.41) is 3.16. The van der Waals surface area contributed by atoms with Crippen molar-refractivity contribution in [3.8, 4) is 0 Å². The molecule has 1 unspecified atom stereocenters. The van der Waals surface area contributed by atoms with Crippen molar-refractivity contribution >= 4 is 34.8 Å². The first-order valence-corrected chi connectivity index (χ1v) is 10.3. The topological polar surface area (TPSA) is 52.7 Å². The number of carbonyl (C=O) groups excluding carboxylic acids is 2. The summed E-state index contributed by atoms with van der Waals surface area (Å²) in [6, 6.07) is 10.2. The van der Waals surface area contributed by atoms with Gasteiger partial charge >= 0.3 is 0 Å². The molecule has 2 aliphatic heterocycles. The van der Waals surface area contributed by atoms with Crippen molar-refractivity contribution in [3.63, 3.8) is 0 Å². The number of amides is 2. The number of anilines is 2. The second kappa shape index (κ2) is 8.11. The molecule has 1 fully saturated rings. The van der Waals surface area contributed by atoms with Gasteiger partial charge in [0.25, 0.3) is 0 Å². The van der Waals surface area contributed by atoms with Gasteiger partial charge in [-0.2, -0.15) is 0 Å². The van der Waals surface area contributed by atoms with E-state index in [9.17, 15) is 14.0 Å². The quantitative estimate of drug-likeness (QED) is 0.801. The van der Waals surface area contributed by atoms with Crippen molar-refractivity contribution in [3.05, 3.63) is 70.6 Å². The normalized spacial score (nSPS) is 18.6. The molecule has 2 heterocycles. The minimum absolute atomic E-state index is 0.122. The van der Waals surface area contributed by atoms with E-state index >= 15 is 0 Å². The third-order valence-electron chi connectivity index (χ3n) is 5.81. The lowest BCUT2D eigenvalue weighted by Gasteiger charge is -2.28. The number of benzene rings is 2. The fraction of sp³-hybridized carbons (Fsp3) is 0.304. The van der Waals surface area contributed by atoms with Gasteiger partial charge in [0, 0.05) is 48.7 Å². The Hall–Kier alpha value is -2.86. The first kappa shape index (κ1) is 20.4. The highest BCUT2D eigenvalue weighted by atomic mass is 35.5. The Morgan fingerprint density at radius 1 is 1.27 bits per heavy atom. The maximum Gasteiger partial charge on any atom is 0.229 e. The number of halogens is 2. The van der Waals surface area contributed by atoms with Crippen LogP contribution in [0.25, 0.3) is 0 Å². The van der Waals surface area contributed by atoms with Crippen LogP contribution in [0, 0.1) is 11.7 Å². The summed E-state index contributed by atoms with van der Waals surface area (Å²) >= 11 is 5.87. The van der Waals surface area contributed by atoms with Gasteiger partial charge in [-0.3, -0.25) is 9.59 Å². The Morgan fingerprint density at radius 2 is 2.07 bits per heavy atom. The highest BCUT2D eigenvalue weighted by molar-refractivity contribution is 6.30. The van der Waals surface area contributed by atoms with Gasteiger partial charge in [0.15, 0.2) is 0 Å². The Labute approximate surface area is 180 Å². The largest absolute Gasteiger partial charge is 0.351 e. The Bertz CT molecular complexity index is 1020. The highest BCUT2D eigenvalue weighted by Crippen LogP contribution is 2.36. The summed E-state index contributed by atoms with van der Waals surface area (Å²) in [5.74, 6) is -0.777. The molecule has 156 valence electrons. The number of aryl methyl sites for hydroxylation is 1. The van der Waals surface area contributed by atoms with Crippen LogP contribution in [0.5, 0.6) is 0 Å². The molecule has 30 heavy (non-hydrogen) atoms. The van der Waals surface area contributed by atoms with Crippen LogP contribution >= 0.6 is 11.6 Å². The third kappa shape index (κ3) is 3.92. The van der Waals surface area contributed by atoms with Gasteiger partial charge in [0.1, 0.15) is 5.82 Å². The van der Waals surface area contributed by atoms with E-state index in [2.05, 4.69) is 22.9 Å². The molecule has 4 rings (SSSR count). The highest BCUT2D eigenvalue weighted by Gasteiger charge is 2.33. The molecule has 0 bridgehead atoms. The van der Waals surface area contributed by atoms with Crippen molar-refractivity contribution in [1.29, 1.82) is 0 Å². The number of nitrogens with zero attached hydrogens (tertiary/aromatic N) is 2. The lowest BCUT2D eigenvalue weighted by Crippen LogP contribution is -2.32. The number of hydrogen-bond donors (Lipinski definition) is 1. The molecule has 2 amide bonds. The maximum absolute atomic E-state index is 13.5. The molecule has 1 atom stereocenters. The number of nitrogens with one attached hydrogen (secondary N) is 1. The predicted molar refractivity (Wildman–Crippen MR) is 116 cm³/mol. The second-order valence-electron chi connectivity index (χ2n) is 7.75. The lowest BCUT2D eigenvalue weighted by atomic mass is 10.0. The number of rotatable bonds is 4. The molecule has 2 aliphatic rings. The van der Waals surface area contributed by atoms with E-state index < -0.39 is 5.82 Å². The molecule has 0 spiro atoms. The zero-order chi connectivity index (χ0) is 21.4. The van der Waals surface area contributed by atoms with E-state index in [0.29, 0.717) is 36.4 Å². The molecule has 0 aromatic heterocycles. The molecule has 5 nitrogen and oxygen atoms in total. The summed E-state index contributed by atoms with van der Waals surface area (Å²) in [5.41, 5.74) is 4.39. The van der Waals surface area contributed by atoms with Gasteiger partial charge < -0.3 is 15.1 Å². The Balaban J connectivity index is 1.43. The van der Waals surface area contributed by atoms with Gasteiger partial charge in [0.05, 0.1) is 5.92 Å². The van der Waals surface area contributed by atoms with Gasteiger partial charge in [-0.15, -0.1) is 0 Å². The smallest absolute Gasteiger partial charge is 0.229 e. The van der Waals surface area contributed by atoms with Crippen LogP contribution in [0.4, 0.5) is 15.8 Å². The van der Waals surface area contributed by atoms with Crippen molar-refractivity contribution < 1.29 is 14.0 Å². The standard InChI is InChI=1S/C23H23ClFN3O2/c1-14-20(23(30)26-13-15-9-17(24)12-18(25)10-15)7-8-28(14)19-4-5-21-16(11-19)3-6-22(29)27(21)2/h4-5,9-12,20H,1,3,6-8,13H2,2H3,(H,26,30). The van der Waals surface area contributed by atoms with Gasteiger partial charge in [-0.1, -0.05) is 18.2 Å². The lowest BCUT2D eigenvalue weighted by molar-refractivity contribution is -0.123. The number of carbonyl (C=O) groups is 2. The van der Waals surface area contributed by atoms with E-state index in [0.717, 1.165) is 22.6 Å². The fourth-order valence-electron chi connectivity index (χ4n) is 4.17. The number of fused-ring (bicyclic) bond motifs is 1. The van der Waals surface area contributed by atoms with E-state index in [4.69, 9.17) is 11.6 Å². The zero-order valence-electron chi connectivity index (χ0n) is 16.8. The van der Waals surface area contributed by atoms with Crippen LogP contribution in [0.3, 0.4) is 0 Å². The van der Waals surface area contributed by atoms with Crippen LogP contribution in [-0.2, 0) is 22.6 Å². The van der Waals surface area contributed by atoms with E-state index in [1.165, 1.54) is 12.1 Å². The average Bonchev–Trinajstić information content (AvgIpc) is 3.09. The van der Waals surface area contributed by atoms with Gasteiger partial charge in [-0.05, 0) is 60.4 Å². The molecule has 0 saturated carbocycles. The Kier molecular flexibility index (Phi) is 5.52. The van der Waals surface area contributed by atoms with Crippen molar-refractivity contribution in [2.24, 2.45) is 5.92 Å². The zero-order valence-corrected chi connectivity index (χ0v) is 17.5. The minimum atomic E-state index is -0.428. The molecule has 0 aliphatic carbocycles. The van der Waals surface area contributed by atoms with Crippen molar-refractivity contribution in [1.82, 2.24) is 5.32 Å². The van der Waals surface area contributed by atoms with E-state index in [1.807, 2.05) is 12.1 Å². The van der Waals surface area contributed by atoms with Crippen LogP contribution in [0.15, 0.2) is 48.7 Å². The molecule has 2 aromatic carbocycles. The monoisotopic (exact) mass is 427 g/mol.